The minimum atomic E-state index is -1.13. The SMILES string of the molecule is O=C(O)CC1Cc2cc(F)ccc2N(Cc2nc3cc(F)cc(F)c3s2)C1=O. The van der Waals surface area contributed by atoms with E-state index in [-0.39, 0.29) is 29.6 Å². The van der Waals surface area contributed by atoms with E-state index in [1.165, 1.54) is 23.1 Å². The van der Waals surface area contributed by atoms with Gasteiger partial charge >= 0.3 is 5.97 Å². The van der Waals surface area contributed by atoms with Gasteiger partial charge in [0.1, 0.15) is 22.5 Å². The number of carboxylic acids is 1. The van der Waals surface area contributed by atoms with Gasteiger partial charge in [0.2, 0.25) is 5.91 Å². The average molecular weight is 406 g/mol. The molecule has 1 unspecified atom stereocenters. The third-order valence-corrected chi connectivity index (χ3v) is 5.65. The molecule has 0 saturated heterocycles. The van der Waals surface area contributed by atoms with Gasteiger partial charge in [0.15, 0.2) is 0 Å². The Hall–Kier alpha value is -2.94. The van der Waals surface area contributed by atoms with Crippen LogP contribution >= 0.6 is 11.3 Å². The summed E-state index contributed by atoms with van der Waals surface area (Å²) in [5.41, 5.74) is 1.12. The van der Waals surface area contributed by atoms with E-state index in [0.717, 1.165) is 23.5 Å². The fourth-order valence-electron chi connectivity index (χ4n) is 3.41. The zero-order chi connectivity index (χ0) is 20.0. The first kappa shape index (κ1) is 18.4. The number of rotatable bonds is 4. The number of benzene rings is 2. The highest BCUT2D eigenvalue weighted by molar-refractivity contribution is 7.18. The molecule has 9 heteroatoms. The van der Waals surface area contributed by atoms with Crippen LogP contribution in [0.3, 0.4) is 0 Å². The van der Waals surface area contributed by atoms with E-state index in [0.29, 0.717) is 16.3 Å². The van der Waals surface area contributed by atoms with E-state index in [4.69, 9.17) is 5.11 Å². The molecule has 0 bridgehead atoms. The van der Waals surface area contributed by atoms with Crippen molar-refractivity contribution in [2.75, 3.05) is 4.90 Å². The van der Waals surface area contributed by atoms with Gasteiger partial charge in [-0.1, -0.05) is 0 Å². The number of aromatic nitrogens is 1. The number of carbonyl (C=O) groups is 2. The molecule has 0 radical (unpaired) electrons. The number of amides is 1. The molecule has 1 aliphatic rings. The predicted molar refractivity (Wildman–Crippen MR) is 96.6 cm³/mol. The van der Waals surface area contributed by atoms with E-state index in [2.05, 4.69) is 4.98 Å². The van der Waals surface area contributed by atoms with Crippen LogP contribution in [0.25, 0.3) is 10.2 Å². The minimum Gasteiger partial charge on any atom is -0.481 e. The van der Waals surface area contributed by atoms with Crippen LogP contribution in [0.5, 0.6) is 0 Å². The molecule has 4 rings (SSSR count). The third-order valence-electron chi connectivity index (χ3n) is 4.58. The quantitative estimate of drug-likeness (QED) is 0.714. The van der Waals surface area contributed by atoms with Crippen molar-refractivity contribution in [3.8, 4) is 0 Å². The Kier molecular flexibility index (Phi) is 4.54. The lowest BCUT2D eigenvalue weighted by molar-refractivity contribution is -0.140. The topological polar surface area (TPSA) is 70.5 Å². The zero-order valence-corrected chi connectivity index (χ0v) is 15.1. The Morgan fingerprint density at radius 3 is 2.75 bits per heavy atom. The lowest BCUT2D eigenvalue weighted by atomic mass is 9.89. The highest BCUT2D eigenvalue weighted by Crippen LogP contribution is 2.35. The second-order valence-electron chi connectivity index (χ2n) is 6.54. The molecule has 144 valence electrons. The van der Waals surface area contributed by atoms with Crippen molar-refractivity contribution in [2.24, 2.45) is 5.92 Å². The molecule has 0 fully saturated rings. The second kappa shape index (κ2) is 6.90. The Labute approximate surface area is 161 Å². The van der Waals surface area contributed by atoms with Gasteiger partial charge in [-0.2, -0.15) is 0 Å². The summed E-state index contributed by atoms with van der Waals surface area (Å²) >= 11 is 0.984. The van der Waals surface area contributed by atoms with Crippen molar-refractivity contribution in [1.29, 1.82) is 0 Å². The molecule has 28 heavy (non-hydrogen) atoms. The Morgan fingerprint density at radius 1 is 1.21 bits per heavy atom. The van der Waals surface area contributed by atoms with Gasteiger partial charge in [-0.3, -0.25) is 9.59 Å². The standard InChI is InChI=1S/C19H13F3N2O3S/c20-11-1-2-15-9(4-11)3-10(5-17(25)26)19(27)24(15)8-16-23-14-7-12(21)6-13(22)18(14)28-16/h1-2,4,6-7,10H,3,5,8H2,(H,25,26). The zero-order valence-electron chi connectivity index (χ0n) is 14.3. The van der Waals surface area contributed by atoms with Crippen molar-refractivity contribution in [1.82, 2.24) is 4.98 Å². The summed E-state index contributed by atoms with van der Waals surface area (Å²) in [6.45, 7) is -0.0476. The summed E-state index contributed by atoms with van der Waals surface area (Å²) < 4.78 is 41.2. The minimum absolute atomic E-state index is 0.0476. The third kappa shape index (κ3) is 3.33. The average Bonchev–Trinajstić information content (AvgIpc) is 3.01. The lowest BCUT2D eigenvalue weighted by Gasteiger charge is -2.33. The summed E-state index contributed by atoms with van der Waals surface area (Å²) in [6, 6.07) is 5.80. The maximum absolute atomic E-state index is 13.9. The van der Waals surface area contributed by atoms with Crippen LogP contribution in [0.15, 0.2) is 30.3 Å². The number of halogens is 3. The number of hydrogen-bond acceptors (Lipinski definition) is 4. The highest BCUT2D eigenvalue weighted by Gasteiger charge is 2.35. The molecule has 3 aromatic rings. The van der Waals surface area contributed by atoms with E-state index in [9.17, 15) is 22.8 Å². The Bertz CT molecular complexity index is 1120. The van der Waals surface area contributed by atoms with Crippen LogP contribution < -0.4 is 4.90 Å². The van der Waals surface area contributed by atoms with Gasteiger partial charge in [0, 0.05) is 17.8 Å². The molecule has 1 amide bonds. The van der Waals surface area contributed by atoms with Gasteiger partial charge in [-0.05, 0) is 30.2 Å². The van der Waals surface area contributed by atoms with E-state index in [1.807, 2.05) is 0 Å². The number of carbonyl (C=O) groups excluding carboxylic acids is 1. The molecule has 1 N–H and O–H groups in total. The highest BCUT2D eigenvalue weighted by atomic mass is 32.1. The fourth-order valence-corrected chi connectivity index (χ4v) is 4.35. The van der Waals surface area contributed by atoms with Crippen molar-refractivity contribution < 1.29 is 27.9 Å². The molecule has 2 heterocycles. The molecule has 2 aromatic carbocycles. The van der Waals surface area contributed by atoms with Crippen molar-refractivity contribution in [3.63, 3.8) is 0 Å². The predicted octanol–water partition coefficient (Wildman–Crippen LogP) is 3.89. The van der Waals surface area contributed by atoms with Crippen LogP contribution in [-0.2, 0) is 22.6 Å². The number of hydrogen-bond donors (Lipinski definition) is 1. The van der Waals surface area contributed by atoms with Crippen LogP contribution in [0.4, 0.5) is 18.9 Å². The number of aliphatic carboxylic acids is 1. The Balaban J connectivity index is 1.74. The molecule has 0 aliphatic carbocycles. The van der Waals surface area contributed by atoms with Gasteiger partial charge < -0.3 is 10.0 Å². The maximum Gasteiger partial charge on any atom is 0.304 e. The first-order valence-electron chi connectivity index (χ1n) is 8.38. The lowest BCUT2D eigenvalue weighted by Crippen LogP contribution is -2.41. The number of fused-ring (bicyclic) bond motifs is 2. The van der Waals surface area contributed by atoms with Gasteiger partial charge in [0.25, 0.3) is 0 Å². The summed E-state index contributed by atoms with van der Waals surface area (Å²) in [7, 11) is 0. The molecular weight excluding hydrogens is 393 g/mol. The number of anilines is 1. The fraction of sp³-hybridized carbons (Fsp3) is 0.211. The molecule has 1 atom stereocenters. The number of carboxylic acid groups (broad SMARTS) is 1. The summed E-state index contributed by atoms with van der Waals surface area (Å²) in [4.78, 5) is 29.5. The van der Waals surface area contributed by atoms with Crippen LogP contribution in [0.2, 0.25) is 0 Å². The van der Waals surface area contributed by atoms with Crippen LogP contribution in [0, 0.1) is 23.4 Å². The van der Waals surface area contributed by atoms with E-state index in [1.54, 1.807) is 0 Å². The molecule has 0 saturated carbocycles. The summed E-state index contributed by atoms with van der Waals surface area (Å²) in [5.74, 6) is -4.37. The van der Waals surface area contributed by atoms with Gasteiger partial charge in [-0.15, -0.1) is 11.3 Å². The molecule has 0 spiro atoms. The first-order valence-corrected chi connectivity index (χ1v) is 9.19. The van der Waals surface area contributed by atoms with Crippen LogP contribution in [-0.4, -0.2) is 22.0 Å². The molecule has 1 aliphatic heterocycles. The van der Waals surface area contributed by atoms with Crippen molar-refractivity contribution in [3.05, 3.63) is 58.4 Å². The summed E-state index contributed by atoms with van der Waals surface area (Å²) in [6.07, 6.45) is -0.265. The van der Waals surface area contributed by atoms with Gasteiger partial charge in [0.05, 0.1) is 29.1 Å². The first-order chi connectivity index (χ1) is 13.3. The van der Waals surface area contributed by atoms with Crippen molar-refractivity contribution in [2.45, 2.75) is 19.4 Å². The normalized spacial score (nSPS) is 16.5. The van der Waals surface area contributed by atoms with Crippen LogP contribution in [0.1, 0.15) is 17.0 Å². The van der Waals surface area contributed by atoms with E-state index >= 15 is 0 Å². The molecule has 1 aromatic heterocycles. The molecular formula is C19H13F3N2O3S. The molecule has 5 nitrogen and oxygen atoms in total. The maximum atomic E-state index is 13.9. The largest absolute Gasteiger partial charge is 0.481 e. The monoisotopic (exact) mass is 406 g/mol. The smallest absolute Gasteiger partial charge is 0.304 e. The van der Waals surface area contributed by atoms with Gasteiger partial charge in [-0.25, -0.2) is 18.2 Å². The van der Waals surface area contributed by atoms with Crippen molar-refractivity contribution >= 4 is 39.1 Å². The summed E-state index contributed by atoms with van der Waals surface area (Å²) in [5, 5.41) is 9.44. The Morgan fingerprint density at radius 2 is 2.00 bits per heavy atom. The second-order valence-corrected chi connectivity index (χ2v) is 7.62. The number of thiazole rings is 1. The number of nitrogens with zero attached hydrogens (tertiary/aromatic N) is 2. The van der Waals surface area contributed by atoms with E-state index < -0.39 is 35.2 Å².